The van der Waals surface area contributed by atoms with Gasteiger partial charge in [0.15, 0.2) is 0 Å². The highest BCUT2D eigenvalue weighted by Crippen LogP contribution is 2.35. The Balaban J connectivity index is 0.000000748. The van der Waals surface area contributed by atoms with Crippen molar-refractivity contribution in [2.45, 2.75) is 27.7 Å². The van der Waals surface area contributed by atoms with Gasteiger partial charge in [-0.3, -0.25) is 9.11 Å². The average molecular weight is 773 g/mol. The van der Waals surface area contributed by atoms with Crippen LogP contribution in [0.15, 0.2) is 34.6 Å². The SMILES string of the molecule is CCN(CC)CCS/C(=N/O)c1cc(Cl)cc(Cl)c1O.CCN(CC)CCS/C(=N/O)c1cc(Cl)cc(Cl)c1O.O=S(=O)(O)O. The number of hydrogen-bond acceptors (Lipinski definition) is 12. The lowest BCUT2D eigenvalue weighted by molar-refractivity contribution is 0.320. The van der Waals surface area contributed by atoms with Gasteiger partial charge in [0.05, 0.1) is 21.2 Å². The first-order valence-electron chi connectivity index (χ1n) is 13.3. The second kappa shape index (κ2) is 23.0. The fourth-order valence-corrected chi connectivity index (χ4v) is 6.21. The molecule has 0 radical (unpaired) electrons. The van der Waals surface area contributed by atoms with E-state index >= 15 is 0 Å². The highest BCUT2D eigenvalue weighted by molar-refractivity contribution is 8.14. The number of oxime groups is 2. The molecule has 2 aromatic rings. The molecule has 0 saturated carbocycles. The largest absolute Gasteiger partial charge is 0.506 e. The second-order valence-electron chi connectivity index (χ2n) is 8.58. The standard InChI is InChI=1S/2C13H18Cl2N2O2S.H2O4S/c2*1-3-17(4-2)5-6-20-13(16-19)10-7-9(14)8-11(15)12(10)18;1-5(2,3)4/h2*7-8,18-19H,3-6H2,1-2H3;(H2,1,2,3,4)/b2*16-13+;. The molecule has 2 aromatic carbocycles. The lowest BCUT2D eigenvalue weighted by Gasteiger charge is -2.17. The number of phenolic OH excluding ortho intramolecular Hbond substituents is 2. The first kappa shape index (κ1) is 43.6. The van der Waals surface area contributed by atoms with Crippen molar-refractivity contribution in [1.82, 2.24) is 9.80 Å². The highest BCUT2D eigenvalue weighted by atomic mass is 35.5. The summed E-state index contributed by atoms with van der Waals surface area (Å²) in [6, 6.07) is 5.94. The summed E-state index contributed by atoms with van der Waals surface area (Å²) in [5.74, 6) is 1.23. The van der Waals surface area contributed by atoms with Crippen LogP contribution in [-0.2, 0) is 10.4 Å². The molecule has 0 aliphatic heterocycles. The lowest BCUT2D eigenvalue weighted by Crippen LogP contribution is -2.25. The Morgan fingerprint density at radius 2 is 0.978 bits per heavy atom. The van der Waals surface area contributed by atoms with Crippen LogP contribution in [-0.4, -0.2) is 109 Å². The first-order valence-corrected chi connectivity index (χ1v) is 18.1. The number of thioether (sulfide) groups is 2. The molecule has 0 fully saturated rings. The van der Waals surface area contributed by atoms with Gasteiger partial charge in [0.2, 0.25) is 0 Å². The third-order valence-electron chi connectivity index (χ3n) is 5.78. The summed E-state index contributed by atoms with van der Waals surface area (Å²) >= 11 is 26.2. The first-order chi connectivity index (χ1) is 21.1. The van der Waals surface area contributed by atoms with Crippen molar-refractivity contribution in [3.05, 3.63) is 55.5 Å². The molecule has 2 rings (SSSR count). The molecular formula is C26H38Cl4N4O8S3. The Labute approximate surface area is 292 Å². The molecule has 0 aromatic heterocycles. The molecule has 6 N–H and O–H groups in total. The van der Waals surface area contributed by atoms with E-state index < -0.39 is 10.4 Å². The van der Waals surface area contributed by atoms with Crippen LogP contribution < -0.4 is 0 Å². The molecule has 0 heterocycles. The zero-order valence-corrected chi connectivity index (χ0v) is 30.5. The van der Waals surface area contributed by atoms with Gasteiger partial charge < -0.3 is 30.4 Å². The smallest absolute Gasteiger partial charge is 0.394 e. The number of phenols is 2. The van der Waals surface area contributed by atoms with E-state index in [1.807, 2.05) is 0 Å². The van der Waals surface area contributed by atoms with E-state index in [4.69, 9.17) is 74.3 Å². The third-order valence-corrected chi connectivity index (χ3v) is 8.72. The molecule has 256 valence electrons. The van der Waals surface area contributed by atoms with Crippen molar-refractivity contribution in [3.8, 4) is 11.5 Å². The van der Waals surface area contributed by atoms with Crippen molar-refractivity contribution in [2.75, 3.05) is 50.8 Å². The number of halogens is 4. The summed E-state index contributed by atoms with van der Waals surface area (Å²) in [6.07, 6.45) is 0. The van der Waals surface area contributed by atoms with Crippen molar-refractivity contribution >= 4 is 90.4 Å². The molecule has 45 heavy (non-hydrogen) atoms. The van der Waals surface area contributed by atoms with E-state index in [9.17, 15) is 10.2 Å². The van der Waals surface area contributed by atoms with Gasteiger partial charge in [-0.05, 0) is 50.4 Å². The Bertz CT molecular complexity index is 1270. The van der Waals surface area contributed by atoms with Crippen molar-refractivity contribution in [3.63, 3.8) is 0 Å². The van der Waals surface area contributed by atoms with Crippen LogP contribution in [0, 0.1) is 0 Å². The summed E-state index contributed by atoms with van der Waals surface area (Å²) in [7, 11) is -4.67. The monoisotopic (exact) mass is 770 g/mol. The van der Waals surface area contributed by atoms with Gasteiger partial charge in [-0.25, -0.2) is 0 Å². The van der Waals surface area contributed by atoms with E-state index in [2.05, 4.69) is 47.8 Å². The van der Waals surface area contributed by atoms with Crippen LogP contribution >= 0.6 is 69.9 Å². The summed E-state index contributed by atoms with van der Waals surface area (Å²) in [5.41, 5.74) is 0.684. The Morgan fingerprint density at radius 3 is 1.22 bits per heavy atom. The van der Waals surface area contributed by atoms with Gasteiger partial charge in [-0.1, -0.05) is 84.4 Å². The summed E-state index contributed by atoms with van der Waals surface area (Å²) in [5, 5.41) is 46.2. The molecular weight excluding hydrogens is 734 g/mol. The molecule has 0 aliphatic carbocycles. The van der Waals surface area contributed by atoms with Gasteiger partial charge in [0.1, 0.15) is 21.6 Å². The van der Waals surface area contributed by atoms with Crippen LogP contribution in [0.4, 0.5) is 0 Å². The fourth-order valence-electron chi connectivity index (χ4n) is 3.40. The molecule has 0 saturated heterocycles. The van der Waals surface area contributed by atoms with Crippen LogP contribution in [0.3, 0.4) is 0 Å². The van der Waals surface area contributed by atoms with E-state index in [0.29, 0.717) is 31.3 Å². The normalized spacial score (nSPS) is 12.1. The van der Waals surface area contributed by atoms with Crippen LogP contribution in [0.1, 0.15) is 38.8 Å². The molecule has 0 aliphatic rings. The summed E-state index contributed by atoms with van der Waals surface area (Å²) < 4.78 is 31.6. The third kappa shape index (κ3) is 17.9. The predicted molar refractivity (Wildman–Crippen MR) is 188 cm³/mol. The minimum Gasteiger partial charge on any atom is -0.506 e. The van der Waals surface area contributed by atoms with Gasteiger partial charge in [0.25, 0.3) is 0 Å². The Morgan fingerprint density at radius 1 is 0.689 bits per heavy atom. The topological polar surface area (TPSA) is 187 Å². The lowest BCUT2D eigenvalue weighted by atomic mass is 10.2. The summed E-state index contributed by atoms with van der Waals surface area (Å²) in [4.78, 5) is 4.51. The number of nitrogens with zero attached hydrogens (tertiary/aromatic N) is 4. The number of hydrogen-bond donors (Lipinski definition) is 6. The number of aromatic hydroxyl groups is 2. The maximum Gasteiger partial charge on any atom is 0.394 e. The van der Waals surface area contributed by atoms with Gasteiger partial charge in [-0.15, -0.1) is 23.5 Å². The number of rotatable bonds is 12. The van der Waals surface area contributed by atoms with Crippen LogP contribution in [0.25, 0.3) is 0 Å². The molecule has 0 unspecified atom stereocenters. The zero-order valence-electron chi connectivity index (χ0n) is 25.0. The zero-order chi connectivity index (χ0) is 34.7. The predicted octanol–water partition coefficient (Wildman–Crippen LogP) is 7.17. The second-order valence-corrected chi connectivity index (χ2v) is 13.3. The summed E-state index contributed by atoms with van der Waals surface area (Å²) in [6.45, 7) is 14.0. The van der Waals surface area contributed by atoms with Crippen molar-refractivity contribution in [1.29, 1.82) is 0 Å². The average Bonchev–Trinajstić information content (AvgIpc) is 2.97. The highest BCUT2D eigenvalue weighted by Gasteiger charge is 2.16. The van der Waals surface area contributed by atoms with E-state index in [1.165, 1.54) is 47.8 Å². The molecule has 19 heteroatoms. The van der Waals surface area contributed by atoms with Crippen molar-refractivity contribution in [2.24, 2.45) is 10.3 Å². The minimum atomic E-state index is -4.67. The fraction of sp³-hybridized carbons (Fsp3) is 0.462. The quantitative estimate of drug-likeness (QED) is 0.0421. The van der Waals surface area contributed by atoms with Crippen LogP contribution in [0.5, 0.6) is 11.5 Å². The molecule has 12 nitrogen and oxygen atoms in total. The van der Waals surface area contributed by atoms with Gasteiger partial charge >= 0.3 is 10.4 Å². The Kier molecular flexibility index (Phi) is 22.3. The molecule has 0 atom stereocenters. The van der Waals surface area contributed by atoms with Crippen LogP contribution in [0.2, 0.25) is 20.1 Å². The van der Waals surface area contributed by atoms with Gasteiger partial charge in [-0.2, -0.15) is 8.42 Å². The van der Waals surface area contributed by atoms with E-state index in [1.54, 1.807) is 0 Å². The Hall–Kier alpha value is -1.37. The van der Waals surface area contributed by atoms with Crippen molar-refractivity contribution < 1.29 is 38.2 Å². The molecule has 0 spiro atoms. The maximum absolute atomic E-state index is 9.92. The maximum atomic E-state index is 9.92. The van der Waals surface area contributed by atoms with E-state index in [0.717, 1.165) is 50.8 Å². The minimum absolute atomic E-state index is 0.126. The molecule has 0 bridgehead atoms. The number of benzene rings is 2. The molecule has 0 amide bonds. The van der Waals surface area contributed by atoms with Gasteiger partial charge in [0, 0.05) is 34.6 Å². The van der Waals surface area contributed by atoms with E-state index in [-0.39, 0.29) is 21.5 Å².